The first kappa shape index (κ1) is 14.8. The lowest BCUT2D eigenvalue weighted by atomic mass is 10.2. The predicted molar refractivity (Wildman–Crippen MR) is 70.1 cm³/mol. The molecule has 1 aromatic carbocycles. The number of terminal acetylenes is 1. The van der Waals surface area contributed by atoms with Crippen LogP contribution in [0.1, 0.15) is 5.56 Å². The molecule has 0 aliphatic rings. The van der Waals surface area contributed by atoms with Crippen molar-refractivity contribution in [3.8, 4) is 18.1 Å². The Morgan fingerprint density at radius 1 is 1.42 bits per heavy atom. The molecule has 0 aromatic heterocycles. The average molecular weight is 267 g/mol. The van der Waals surface area contributed by atoms with Crippen molar-refractivity contribution >= 4 is 5.96 Å². The fourth-order valence-corrected chi connectivity index (χ4v) is 1.40. The van der Waals surface area contributed by atoms with Crippen LogP contribution in [-0.2, 0) is 6.54 Å². The van der Waals surface area contributed by atoms with Gasteiger partial charge in [-0.1, -0.05) is 24.1 Å². The van der Waals surface area contributed by atoms with Gasteiger partial charge in [0, 0.05) is 19.2 Å². The van der Waals surface area contributed by atoms with Crippen molar-refractivity contribution in [1.82, 2.24) is 10.6 Å². The summed E-state index contributed by atoms with van der Waals surface area (Å²) in [6.45, 7) is -2.22. The third-order valence-electron chi connectivity index (χ3n) is 2.22. The van der Waals surface area contributed by atoms with E-state index in [1.165, 1.54) is 6.07 Å². The highest BCUT2D eigenvalue weighted by Gasteiger charge is 2.09. The number of benzene rings is 1. The number of nitrogens with one attached hydrogen (secondary N) is 2. The molecule has 0 atom stereocenters. The van der Waals surface area contributed by atoms with Gasteiger partial charge in [-0.15, -0.1) is 6.42 Å². The Hall–Kier alpha value is -2.29. The predicted octanol–water partition coefficient (Wildman–Crippen LogP) is 1.59. The van der Waals surface area contributed by atoms with E-state index in [0.29, 0.717) is 24.6 Å². The maximum absolute atomic E-state index is 12.2. The van der Waals surface area contributed by atoms with Crippen molar-refractivity contribution in [3.05, 3.63) is 29.8 Å². The lowest BCUT2D eigenvalue weighted by molar-refractivity contribution is -0.0504. The van der Waals surface area contributed by atoms with Gasteiger partial charge in [-0.3, -0.25) is 4.99 Å². The van der Waals surface area contributed by atoms with Crippen LogP contribution in [0, 0.1) is 12.3 Å². The molecule has 102 valence electrons. The minimum absolute atomic E-state index is 0.136. The Bertz CT molecular complexity index is 469. The molecule has 19 heavy (non-hydrogen) atoms. The van der Waals surface area contributed by atoms with Crippen molar-refractivity contribution in [1.29, 1.82) is 0 Å². The molecule has 0 aliphatic heterocycles. The van der Waals surface area contributed by atoms with E-state index in [1.807, 2.05) is 0 Å². The molecule has 4 nitrogen and oxygen atoms in total. The Morgan fingerprint density at radius 2 is 2.16 bits per heavy atom. The largest absolute Gasteiger partial charge is 0.434 e. The van der Waals surface area contributed by atoms with Crippen LogP contribution < -0.4 is 15.4 Å². The summed E-state index contributed by atoms with van der Waals surface area (Å²) < 4.78 is 28.9. The first-order valence-electron chi connectivity index (χ1n) is 5.58. The number of alkyl halides is 2. The summed E-state index contributed by atoms with van der Waals surface area (Å²) in [5.41, 5.74) is 0.603. The smallest absolute Gasteiger partial charge is 0.387 e. The monoisotopic (exact) mass is 267 g/mol. The van der Waals surface area contributed by atoms with Gasteiger partial charge in [-0.25, -0.2) is 0 Å². The SMILES string of the molecule is C#CCNC(=NC)NCc1ccccc1OC(F)F. The van der Waals surface area contributed by atoms with Gasteiger partial charge in [-0.2, -0.15) is 8.78 Å². The number of rotatable bonds is 5. The molecular formula is C13H15F2N3O. The normalized spacial score (nSPS) is 11.0. The van der Waals surface area contributed by atoms with E-state index in [1.54, 1.807) is 25.2 Å². The summed E-state index contributed by atoms with van der Waals surface area (Å²) in [6.07, 6.45) is 5.12. The topological polar surface area (TPSA) is 45.7 Å². The van der Waals surface area contributed by atoms with Gasteiger partial charge < -0.3 is 15.4 Å². The van der Waals surface area contributed by atoms with Crippen LogP contribution in [0.15, 0.2) is 29.3 Å². The first-order chi connectivity index (χ1) is 9.17. The van der Waals surface area contributed by atoms with Gasteiger partial charge in [0.15, 0.2) is 5.96 Å². The Labute approximate surface area is 110 Å². The van der Waals surface area contributed by atoms with Crippen LogP contribution in [0.4, 0.5) is 8.78 Å². The highest BCUT2D eigenvalue weighted by Crippen LogP contribution is 2.19. The maximum atomic E-state index is 12.2. The summed E-state index contributed by atoms with van der Waals surface area (Å²) in [5.74, 6) is 3.04. The summed E-state index contributed by atoms with van der Waals surface area (Å²) in [7, 11) is 1.59. The van der Waals surface area contributed by atoms with Crippen molar-refractivity contribution < 1.29 is 13.5 Å². The lowest BCUT2D eigenvalue weighted by Crippen LogP contribution is -2.37. The van der Waals surface area contributed by atoms with E-state index in [0.717, 1.165) is 0 Å². The number of para-hydroxylation sites is 1. The van der Waals surface area contributed by atoms with Crippen LogP contribution in [0.5, 0.6) is 5.75 Å². The molecule has 0 bridgehead atoms. The van der Waals surface area contributed by atoms with Crippen LogP contribution in [0.3, 0.4) is 0 Å². The molecule has 0 fully saturated rings. The van der Waals surface area contributed by atoms with E-state index in [4.69, 9.17) is 6.42 Å². The average Bonchev–Trinajstić information content (AvgIpc) is 2.40. The number of hydrogen-bond donors (Lipinski definition) is 2. The zero-order chi connectivity index (χ0) is 14.1. The fourth-order valence-electron chi connectivity index (χ4n) is 1.40. The van der Waals surface area contributed by atoms with E-state index in [9.17, 15) is 8.78 Å². The van der Waals surface area contributed by atoms with Crippen LogP contribution in [0.25, 0.3) is 0 Å². The van der Waals surface area contributed by atoms with E-state index in [2.05, 4.69) is 26.3 Å². The van der Waals surface area contributed by atoms with Crippen LogP contribution in [0.2, 0.25) is 0 Å². The van der Waals surface area contributed by atoms with E-state index >= 15 is 0 Å². The minimum atomic E-state index is -2.85. The van der Waals surface area contributed by atoms with E-state index in [-0.39, 0.29) is 5.75 Å². The Morgan fingerprint density at radius 3 is 2.79 bits per heavy atom. The summed E-state index contributed by atoms with van der Waals surface area (Å²) in [6, 6.07) is 6.56. The molecule has 2 N–H and O–H groups in total. The highest BCUT2D eigenvalue weighted by atomic mass is 19.3. The van der Waals surface area contributed by atoms with E-state index < -0.39 is 6.61 Å². The number of aliphatic imine (C=N–C) groups is 1. The highest BCUT2D eigenvalue weighted by molar-refractivity contribution is 5.79. The molecule has 0 amide bonds. The third-order valence-corrected chi connectivity index (χ3v) is 2.22. The van der Waals surface area contributed by atoms with Crippen LogP contribution >= 0.6 is 0 Å². The number of ether oxygens (including phenoxy) is 1. The molecule has 6 heteroatoms. The standard InChI is InChI=1S/C13H15F2N3O/c1-3-8-17-13(16-2)18-9-10-6-4-5-7-11(10)19-12(14)15/h1,4-7,12H,8-9H2,2H3,(H2,16,17,18). The van der Waals surface area contributed by atoms with Crippen molar-refractivity contribution in [2.45, 2.75) is 13.2 Å². The molecule has 0 radical (unpaired) electrons. The molecule has 0 spiro atoms. The molecule has 1 aromatic rings. The fraction of sp³-hybridized carbons (Fsp3) is 0.308. The zero-order valence-corrected chi connectivity index (χ0v) is 10.5. The van der Waals surface area contributed by atoms with Gasteiger partial charge in [0.05, 0.1) is 6.54 Å². The van der Waals surface area contributed by atoms with Gasteiger partial charge in [0.1, 0.15) is 5.75 Å². The second kappa shape index (κ2) is 7.93. The van der Waals surface area contributed by atoms with Crippen LogP contribution in [-0.4, -0.2) is 26.2 Å². The molecule has 0 heterocycles. The quantitative estimate of drug-likeness (QED) is 0.484. The van der Waals surface area contributed by atoms with Gasteiger partial charge >= 0.3 is 6.61 Å². The van der Waals surface area contributed by atoms with Crippen molar-refractivity contribution in [3.63, 3.8) is 0 Å². The van der Waals surface area contributed by atoms with Crippen molar-refractivity contribution in [2.75, 3.05) is 13.6 Å². The molecule has 0 saturated heterocycles. The number of guanidine groups is 1. The summed E-state index contributed by atoms with van der Waals surface area (Å²) >= 11 is 0. The molecular weight excluding hydrogens is 252 g/mol. The number of halogens is 2. The Balaban J connectivity index is 2.64. The van der Waals surface area contributed by atoms with Gasteiger partial charge in [0.2, 0.25) is 0 Å². The molecule has 1 rings (SSSR count). The Kier molecular flexibility index (Phi) is 6.16. The number of hydrogen-bond acceptors (Lipinski definition) is 2. The second-order valence-electron chi connectivity index (χ2n) is 3.47. The zero-order valence-electron chi connectivity index (χ0n) is 10.5. The summed E-state index contributed by atoms with van der Waals surface area (Å²) in [4.78, 5) is 3.94. The number of nitrogens with zero attached hydrogens (tertiary/aromatic N) is 1. The lowest BCUT2D eigenvalue weighted by Gasteiger charge is -2.13. The van der Waals surface area contributed by atoms with Gasteiger partial charge in [-0.05, 0) is 6.07 Å². The maximum Gasteiger partial charge on any atom is 0.387 e. The molecule has 0 aliphatic carbocycles. The first-order valence-corrected chi connectivity index (χ1v) is 5.58. The van der Waals surface area contributed by atoms with Crippen molar-refractivity contribution in [2.24, 2.45) is 4.99 Å². The third kappa shape index (κ3) is 5.25. The minimum Gasteiger partial charge on any atom is -0.434 e. The van der Waals surface area contributed by atoms with Gasteiger partial charge in [0.25, 0.3) is 0 Å². The second-order valence-corrected chi connectivity index (χ2v) is 3.47. The molecule has 0 unspecified atom stereocenters. The summed E-state index contributed by atoms with van der Waals surface area (Å²) in [5, 5.41) is 5.82. The molecule has 0 saturated carbocycles.